The van der Waals surface area contributed by atoms with Crippen LogP contribution >= 0.6 is 0 Å². The number of benzene rings is 2. The maximum atomic E-state index is 11.6. The first-order valence-corrected chi connectivity index (χ1v) is 10.6. The molecule has 1 aromatic heterocycles. The fraction of sp³-hybridized carbons (Fsp3) is 0.292. The van der Waals surface area contributed by atoms with E-state index in [0.717, 1.165) is 18.2 Å². The van der Waals surface area contributed by atoms with Crippen LogP contribution in [0.4, 0.5) is 4.79 Å². The third-order valence-corrected chi connectivity index (χ3v) is 5.44. The van der Waals surface area contributed by atoms with E-state index in [1.807, 2.05) is 17.0 Å². The molecule has 4 rings (SSSR count). The molecule has 1 aliphatic heterocycles. The first-order chi connectivity index (χ1) is 15.9. The topological polar surface area (TPSA) is 113 Å². The number of pyridine rings is 1. The molecular formula is C24H25N3O6. The number of aromatic nitrogens is 1. The Morgan fingerprint density at radius 1 is 1.00 bits per heavy atom. The molecule has 9 heteroatoms. The molecule has 0 radical (unpaired) electrons. The normalized spacial score (nSPS) is 14.1. The highest BCUT2D eigenvalue weighted by molar-refractivity contribution is 5.88. The van der Waals surface area contributed by atoms with Crippen molar-refractivity contribution in [3.63, 3.8) is 0 Å². The van der Waals surface area contributed by atoms with E-state index in [2.05, 4.69) is 4.98 Å². The number of amides is 2. The van der Waals surface area contributed by atoms with Crippen LogP contribution in [0.2, 0.25) is 0 Å². The van der Waals surface area contributed by atoms with Gasteiger partial charge in [0, 0.05) is 50.5 Å². The van der Waals surface area contributed by atoms with E-state index < -0.39 is 6.09 Å². The van der Waals surface area contributed by atoms with Crippen molar-refractivity contribution in [2.24, 2.45) is 5.73 Å². The quantitative estimate of drug-likeness (QED) is 0.605. The molecule has 1 fully saturated rings. The van der Waals surface area contributed by atoms with Gasteiger partial charge in [-0.2, -0.15) is 0 Å². The minimum absolute atomic E-state index is 0.00693. The van der Waals surface area contributed by atoms with E-state index in [-0.39, 0.29) is 12.0 Å². The highest BCUT2D eigenvalue weighted by Gasteiger charge is 2.23. The van der Waals surface area contributed by atoms with Crippen molar-refractivity contribution in [1.82, 2.24) is 9.88 Å². The lowest BCUT2D eigenvalue weighted by Crippen LogP contribution is -2.40. The highest BCUT2D eigenvalue weighted by atomic mass is 16.5. The molecule has 1 aliphatic rings. The van der Waals surface area contributed by atoms with Gasteiger partial charge in [0.2, 0.25) is 5.91 Å². The predicted molar refractivity (Wildman–Crippen MR) is 121 cm³/mol. The van der Waals surface area contributed by atoms with Crippen molar-refractivity contribution < 1.29 is 28.5 Å². The average Bonchev–Trinajstić information content (AvgIpc) is 2.80. The summed E-state index contributed by atoms with van der Waals surface area (Å²) in [5, 5.41) is 0.755. The van der Waals surface area contributed by atoms with Gasteiger partial charge in [-0.3, -0.25) is 9.78 Å². The van der Waals surface area contributed by atoms with Gasteiger partial charge in [0.25, 0.3) is 0 Å². The number of nitrogens with zero attached hydrogens (tertiary/aromatic N) is 2. The highest BCUT2D eigenvalue weighted by Crippen LogP contribution is 2.38. The number of fused-ring (bicyclic) bond motifs is 1. The smallest absolute Gasteiger partial charge is 0.409 e. The lowest BCUT2D eigenvalue weighted by atomic mass is 10.1. The minimum atomic E-state index is -0.877. The van der Waals surface area contributed by atoms with Crippen LogP contribution in [0, 0.1) is 0 Å². The number of piperidine rings is 1. The summed E-state index contributed by atoms with van der Waals surface area (Å²) < 4.78 is 22.7. The van der Waals surface area contributed by atoms with Gasteiger partial charge in [-0.1, -0.05) is 0 Å². The SMILES string of the molecule is COc1cc2c(Oc3ccc(OC(N)=O)cc3)ccnc2cc1OC1CCN(C(C)=O)CC1. The third-order valence-electron chi connectivity index (χ3n) is 5.44. The largest absolute Gasteiger partial charge is 0.493 e. The molecule has 2 aromatic carbocycles. The second-order valence-electron chi connectivity index (χ2n) is 7.65. The molecule has 0 saturated carbocycles. The molecule has 1 saturated heterocycles. The van der Waals surface area contributed by atoms with Crippen molar-refractivity contribution in [3.8, 4) is 28.7 Å². The summed E-state index contributed by atoms with van der Waals surface area (Å²) in [6.07, 6.45) is 2.29. The summed E-state index contributed by atoms with van der Waals surface area (Å²) in [7, 11) is 1.58. The molecule has 0 spiro atoms. The van der Waals surface area contributed by atoms with Crippen molar-refractivity contribution >= 4 is 22.9 Å². The summed E-state index contributed by atoms with van der Waals surface area (Å²) in [6.45, 7) is 2.94. The van der Waals surface area contributed by atoms with Gasteiger partial charge < -0.3 is 29.6 Å². The van der Waals surface area contributed by atoms with Gasteiger partial charge in [-0.25, -0.2) is 4.79 Å². The number of rotatable bonds is 6. The number of ether oxygens (including phenoxy) is 4. The molecule has 2 heterocycles. The fourth-order valence-electron chi connectivity index (χ4n) is 3.76. The molecule has 0 aliphatic carbocycles. The number of carbonyl (C=O) groups excluding carboxylic acids is 2. The first-order valence-electron chi connectivity index (χ1n) is 10.6. The second-order valence-corrected chi connectivity index (χ2v) is 7.65. The maximum Gasteiger partial charge on any atom is 0.409 e. The molecule has 0 unspecified atom stereocenters. The average molecular weight is 451 g/mol. The number of primary amides is 1. The second kappa shape index (κ2) is 9.64. The third kappa shape index (κ3) is 5.25. The molecule has 0 atom stereocenters. The Balaban J connectivity index is 1.54. The van der Waals surface area contributed by atoms with Gasteiger partial charge in [0.1, 0.15) is 23.4 Å². The number of hydrogen-bond acceptors (Lipinski definition) is 7. The molecule has 3 aromatic rings. The summed E-state index contributed by atoms with van der Waals surface area (Å²) in [4.78, 5) is 28.7. The zero-order valence-corrected chi connectivity index (χ0v) is 18.4. The van der Waals surface area contributed by atoms with Gasteiger partial charge >= 0.3 is 6.09 Å². The maximum absolute atomic E-state index is 11.6. The van der Waals surface area contributed by atoms with Crippen LogP contribution in [0.3, 0.4) is 0 Å². The zero-order valence-electron chi connectivity index (χ0n) is 18.4. The van der Waals surface area contributed by atoms with E-state index in [0.29, 0.717) is 47.4 Å². The van der Waals surface area contributed by atoms with Crippen LogP contribution in [0.1, 0.15) is 19.8 Å². The number of hydrogen-bond donors (Lipinski definition) is 1. The van der Waals surface area contributed by atoms with Crippen LogP contribution in [0.5, 0.6) is 28.7 Å². The van der Waals surface area contributed by atoms with Crippen LogP contribution in [-0.2, 0) is 4.79 Å². The molecule has 9 nitrogen and oxygen atoms in total. The van der Waals surface area contributed by atoms with Crippen molar-refractivity contribution in [1.29, 1.82) is 0 Å². The molecule has 2 N–H and O–H groups in total. The van der Waals surface area contributed by atoms with Crippen LogP contribution < -0.4 is 24.7 Å². The van der Waals surface area contributed by atoms with Gasteiger partial charge in [0.05, 0.1) is 12.6 Å². The Morgan fingerprint density at radius 3 is 2.33 bits per heavy atom. The van der Waals surface area contributed by atoms with Crippen molar-refractivity contribution in [2.75, 3.05) is 20.2 Å². The van der Waals surface area contributed by atoms with Crippen LogP contribution in [-0.4, -0.2) is 48.2 Å². The van der Waals surface area contributed by atoms with Gasteiger partial charge in [0.15, 0.2) is 11.5 Å². The van der Waals surface area contributed by atoms with E-state index in [1.165, 1.54) is 0 Å². The first kappa shape index (κ1) is 22.2. The zero-order chi connectivity index (χ0) is 23.4. The molecule has 172 valence electrons. The Kier molecular flexibility index (Phi) is 6.48. The van der Waals surface area contributed by atoms with Crippen molar-refractivity contribution in [2.45, 2.75) is 25.9 Å². The Labute approximate surface area is 191 Å². The molecule has 0 bridgehead atoms. The van der Waals surface area contributed by atoms with E-state index in [4.69, 9.17) is 24.7 Å². The summed E-state index contributed by atoms with van der Waals surface area (Å²) in [5.74, 6) is 2.72. The number of nitrogens with two attached hydrogens (primary N) is 1. The standard InChI is InChI=1S/C24H25N3O6/c1-15(28)27-11-8-18(9-12-27)32-23-14-20-19(13-22(23)30-2)21(7-10-26-20)31-16-3-5-17(6-4-16)33-24(25)29/h3-7,10,13-14,18H,8-9,11-12H2,1-2H3,(H2,25,29). The summed E-state index contributed by atoms with van der Waals surface area (Å²) in [5.41, 5.74) is 5.72. The Hall–Kier alpha value is -4.01. The van der Waals surface area contributed by atoms with Crippen molar-refractivity contribution in [3.05, 3.63) is 48.7 Å². The van der Waals surface area contributed by atoms with Gasteiger partial charge in [-0.15, -0.1) is 0 Å². The minimum Gasteiger partial charge on any atom is -0.493 e. The molecular weight excluding hydrogens is 426 g/mol. The number of likely N-dealkylation sites (tertiary alicyclic amines) is 1. The van der Waals surface area contributed by atoms with Gasteiger partial charge in [-0.05, 0) is 36.4 Å². The number of carbonyl (C=O) groups is 2. The fourth-order valence-corrected chi connectivity index (χ4v) is 3.76. The van der Waals surface area contributed by atoms with Crippen LogP contribution in [0.25, 0.3) is 10.9 Å². The summed E-state index contributed by atoms with van der Waals surface area (Å²) >= 11 is 0. The van der Waals surface area contributed by atoms with E-state index >= 15 is 0 Å². The van der Waals surface area contributed by atoms with E-state index in [9.17, 15) is 9.59 Å². The molecule has 2 amide bonds. The lowest BCUT2D eigenvalue weighted by molar-refractivity contribution is -0.130. The lowest BCUT2D eigenvalue weighted by Gasteiger charge is -2.31. The van der Waals surface area contributed by atoms with E-state index in [1.54, 1.807) is 50.6 Å². The Morgan fingerprint density at radius 2 is 1.70 bits per heavy atom. The van der Waals surface area contributed by atoms with Crippen LogP contribution in [0.15, 0.2) is 48.7 Å². The monoisotopic (exact) mass is 451 g/mol. The predicted octanol–water partition coefficient (Wildman–Crippen LogP) is 3.88. The molecule has 33 heavy (non-hydrogen) atoms. The number of methoxy groups -OCH3 is 1. The summed E-state index contributed by atoms with van der Waals surface area (Å²) in [6, 6.07) is 12.0. The Bertz CT molecular complexity index is 1160.